The molecule has 96 valence electrons. The van der Waals surface area contributed by atoms with E-state index in [1.54, 1.807) is 0 Å². The van der Waals surface area contributed by atoms with Crippen molar-refractivity contribution in [2.45, 2.75) is 32.1 Å². The fourth-order valence-corrected chi connectivity index (χ4v) is 2.83. The summed E-state index contributed by atoms with van der Waals surface area (Å²) in [5, 5.41) is 0. The molecule has 1 aromatic carbocycles. The van der Waals surface area contributed by atoms with Crippen molar-refractivity contribution in [2.75, 3.05) is 7.11 Å². The lowest BCUT2D eigenvalue weighted by Crippen LogP contribution is -2.32. The van der Waals surface area contributed by atoms with Gasteiger partial charge in [0.05, 0.1) is 13.0 Å². The highest BCUT2D eigenvalue weighted by Crippen LogP contribution is 2.44. The molecule has 2 nitrogen and oxygen atoms in total. The second-order valence-electron chi connectivity index (χ2n) is 5.17. The van der Waals surface area contributed by atoms with Crippen molar-refractivity contribution in [3.63, 3.8) is 0 Å². The van der Waals surface area contributed by atoms with E-state index < -0.39 is 0 Å². The van der Waals surface area contributed by atoms with Crippen LogP contribution in [0.5, 0.6) is 0 Å². The molecule has 2 rings (SSSR count). The van der Waals surface area contributed by atoms with Gasteiger partial charge in [0.25, 0.3) is 0 Å². The molecule has 0 N–H and O–H groups in total. The Morgan fingerprint density at radius 2 is 2.06 bits per heavy atom. The van der Waals surface area contributed by atoms with Crippen molar-refractivity contribution < 1.29 is 9.53 Å². The fraction of sp³-hybridized carbons (Fsp3) is 0.438. The Hall–Kier alpha value is -1.57. The minimum absolute atomic E-state index is 0.132. The van der Waals surface area contributed by atoms with Crippen LogP contribution in [-0.2, 0) is 9.53 Å². The standard InChI is InChI=1S/C16H20O2/c1-16(11-7-4-8-12-16)14(15(17)18-2)13-9-5-3-6-10-13/h3,5-7,9-11,14H,4,8,12H2,1-2H3. The van der Waals surface area contributed by atoms with Crippen molar-refractivity contribution in [3.05, 3.63) is 48.0 Å². The van der Waals surface area contributed by atoms with E-state index in [1.807, 2.05) is 30.3 Å². The Morgan fingerprint density at radius 3 is 2.61 bits per heavy atom. The van der Waals surface area contributed by atoms with Gasteiger partial charge in [0, 0.05) is 5.41 Å². The molecule has 0 saturated carbocycles. The highest BCUT2D eigenvalue weighted by Gasteiger charge is 2.39. The lowest BCUT2D eigenvalue weighted by molar-refractivity contribution is -0.145. The van der Waals surface area contributed by atoms with Crippen LogP contribution in [0.4, 0.5) is 0 Å². The van der Waals surface area contributed by atoms with Gasteiger partial charge in [0.1, 0.15) is 0 Å². The molecule has 0 heterocycles. The zero-order valence-electron chi connectivity index (χ0n) is 11.1. The number of benzene rings is 1. The molecule has 0 fully saturated rings. The van der Waals surface area contributed by atoms with Gasteiger partial charge in [-0.25, -0.2) is 0 Å². The Kier molecular flexibility index (Phi) is 3.85. The highest BCUT2D eigenvalue weighted by molar-refractivity contribution is 5.79. The van der Waals surface area contributed by atoms with E-state index in [-0.39, 0.29) is 17.3 Å². The molecule has 18 heavy (non-hydrogen) atoms. The molecule has 0 spiro atoms. The van der Waals surface area contributed by atoms with Crippen molar-refractivity contribution in [2.24, 2.45) is 5.41 Å². The predicted octanol–water partition coefficient (Wildman–Crippen LogP) is 3.69. The van der Waals surface area contributed by atoms with Crippen molar-refractivity contribution in [1.82, 2.24) is 0 Å². The first-order chi connectivity index (χ1) is 8.67. The summed E-state index contributed by atoms with van der Waals surface area (Å²) < 4.78 is 5.01. The summed E-state index contributed by atoms with van der Waals surface area (Å²) in [6, 6.07) is 9.93. The minimum Gasteiger partial charge on any atom is -0.469 e. The number of hydrogen-bond donors (Lipinski definition) is 0. The number of esters is 1. The first-order valence-electron chi connectivity index (χ1n) is 6.48. The summed E-state index contributed by atoms with van der Waals surface area (Å²) in [4.78, 5) is 12.2. The molecule has 1 aliphatic carbocycles. The van der Waals surface area contributed by atoms with Gasteiger partial charge >= 0.3 is 5.97 Å². The highest BCUT2D eigenvalue weighted by atomic mass is 16.5. The molecule has 2 heteroatoms. The average molecular weight is 244 g/mol. The van der Waals surface area contributed by atoms with Crippen LogP contribution in [0.2, 0.25) is 0 Å². The largest absolute Gasteiger partial charge is 0.469 e. The maximum atomic E-state index is 12.2. The third-order valence-corrected chi connectivity index (χ3v) is 3.81. The van der Waals surface area contributed by atoms with Crippen LogP contribution in [0.3, 0.4) is 0 Å². The lowest BCUT2D eigenvalue weighted by atomic mass is 9.68. The Labute approximate surface area is 109 Å². The normalized spacial score (nSPS) is 24.6. The summed E-state index contributed by atoms with van der Waals surface area (Å²) in [6.45, 7) is 2.15. The third-order valence-electron chi connectivity index (χ3n) is 3.81. The van der Waals surface area contributed by atoms with Crippen molar-refractivity contribution in [3.8, 4) is 0 Å². The quantitative estimate of drug-likeness (QED) is 0.598. The Bertz CT molecular complexity index is 436. The van der Waals surface area contributed by atoms with Crippen LogP contribution >= 0.6 is 0 Å². The van der Waals surface area contributed by atoms with Gasteiger partial charge in [-0.05, 0) is 24.8 Å². The number of methoxy groups -OCH3 is 1. The van der Waals surface area contributed by atoms with Gasteiger partial charge in [-0.2, -0.15) is 0 Å². The number of hydrogen-bond acceptors (Lipinski definition) is 2. The van der Waals surface area contributed by atoms with Crippen LogP contribution in [0.1, 0.15) is 37.7 Å². The zero-order valence-corrected chi connectivity index (χ0v) is 11.1. The zero-order chi connectivity index (χ0) is 13.0. The molecule has 1 aliphatic rings. The molecule has 0 amide bonds. The molecule has 2 unspecified atom stereocenters. The summed E-state index contributed by atoms with van der Waals surface area (Å²) >= 11 is 0. The topological polar surface area (TPSA) is 26.3 Å². The third kappa shape index (κ3) is 2.47. The van der Waals surface area contributed by atoms with E-state index in [4.69, 9.17) is 4.74 Å². The summed E-state index contributed by atoms with van der Waals surface area (Å²) in [7, 11) is 1.47. The second kappa shape index (κ2) is 5.38. The number of allylic oxidation sites excluding steroid dienone is 2. The average Bonchev–Trinajstić information content (AvgIpc) is 2.40. The fourth-order valence-electron chi connectivity index (χ4n) is 2.83. The van der Waals surface area contributed by atoms with E-state index in [0.29, 0.717) is 0 Å². The van der Waals surface area contributed by atoms with E-state index in [0.717, 1.165) is 24.8 Å². The molecule has 0 saturated heterocycles. The van der Waals surface area contributed by atoms with Crippen molar-refractivity contribution >= 4 is 5.97 Å². The summed E-state index contributed by atoms with van der Waals surface area (Å²) in [5.41, 5.74) is 0.908. The Morgan fingerprint density at radius 1 is 1.33 bits per heavy atom. The predicted molar refractivity (Wildman–Crippen MR) is 72.3 cm³/mol. The maximum Gasteiger partial charge on any atom is 0.314 e. The van der Waals surface area contributed by atoms with Crippen molar-refractivity contribution in [1.29, 1.82) is 0 Å². The first-order valence-corrected chi connectivity index (χ1v) is 6.48. The van der Waals surface area contributed by atoms with Gasteiger partial charge in [-0.15, -0.1) is 0 Å². The van der Waals surface area contributed by atoms with Gasteiger partial charge in [-0.3, -0.25) is 4.79 Å². The monoisotopic (exact) mass is 244 g/mol. The number of carbonyl (C=O) groups excluding carboxylic acids is 1. The summed E-state index contributed by atoms with van der Waals surface area (Å²) in [5.74, 6) is -0.351. The van der Waals surface area contributed by atoms with Crippen LogP contribution < -0.4 is 0 Å². The smallest absolute Gasteiger partial charge is 0.314 e. The molecule has 0 aromatic heterocycles. The van der Waals surface area contributed by atoms with Gasteiger partial charge < -0.3 is 4.74 Å². The van der Waals surface area contributed by atoms with E-state index in [1.165, 1.54) is 7.11 Å². The molecule has 0 aliphatic heterocycles. The Balaban J connectivity index is 2.40. The SMILES string of the molecule is COC(=O)C(c1ccccc1)C1(C)C=CCCC1. The molecular weight excluding hydrogens is 224 g/mol. The second-order valence-corrected chi connectivity index (χ2v) is 5.17. The molecule has 1 aromatic rings. The summed E-state index contributed by atoms with van der Waals surface area (Å²) in [6.07, 6.45) is 7.64. The molecule has 0 bridgehead atoms. The van der Waals surface area contributed by atoms with Gasteiger partial charge in [0.15, 0.2) is 0 Å². The van der Waals surface area contributed by atoms with Gasteiger partial charge in [0.2, 0.25) is 0 Å². The number of rotatable bonds is 3. The van der Waals surface area contributed by atoms with Crippen LogP contribution in [-0.4, -0.2) is 13.1 Å². The maximum absolute atomic E-state index is 12.2. The van der Waals surface area contributed by atoms with E-state index >= 15 is 0 Å². The lowest BCUT2D eigenvalue weighted by Gasteiger charge is -2.35. The molecule has 0 radical (unpaired) electrons. The number of ether oxygens (including phenoxy) is 1. The minimum atomic E-state index is -0.208. The van der Waals surface area contributed by atoms with Gasteiger partial charge in [-0.1, -0.05) is 49.4 Å². The first kappa shape index (κ1) is 12.9. The molecule has 2 atom stereocenters. The van der Waals surface area contributed by atoms with E-state index in [9.17, 15) is 4.79 Å². The van der Waals surface area contributed by atoms with E-state index in [2.05, 4.69) is 19.1 Å². The van der Waals surface area contributed by atoms with Crippen LogP contribution in [0.15, 0.2) is 42.5 Å². The number of carbonyl (C=O) groups is 1. The van der Waals surface area contributed by atoms with Crippen LogP contribution in [0.25, 0.3) is 0 Å². The molecular formula is C16H20O2. The van der Waals surface area contributed by atoms with Crippen LogP contribution in [0, 0.1) is 5.41 Å².